The van der Waals surface area contributed by atoms with Crippen molar-refractivity contribution >= 4 is 14.2 Å². The Balaban J connectivity index is -0.0000000638. The van der Waals surface area contributed by atoms with Gasteiger partial charge in [-0.05, 0) is 0 Å². The zero-order chi connectivity index (χ0) is 21.6. The molecule has 0 amide bonds. The molecular weight excluding hydrogens is 669 g/mol. The van der Waals surface area contributed by atoms with Gasteiger partial charge in [-0.15, -0.1) is 61.9 Å². The fraction of sp³-hybridized carbons (Fsp3) is 0. The quantitative estimate of drug-likeness (QED) is 0.146. The van der Waals surface area contributed by atoms with Crippen LogP contribution in [0.1, 0.15) is 0 Å². The van der Waals surface area contributed by atoms with Crippen molar-refractivity contribution in [2.45, 2.75) is 0 Å². The first-order valence-electron chi connectivity index (χ1n) is 9.40. The van der Waals surface area contributed by atoms with Crippen LogP contribution in [0.15, 0.2) is 74.4 Å². The summed E-state index contributed by atoms with van der Waals surface area (Å²) in [5.41, 5.74) is 0. The van der Waals surface area contributed by atoms with E-state index < -0.39 is 14.2 Å². The van der Waals surface area contributed by atoms with Crippen LogP contribution in [-0.4, -0.2) is 169 Å². The molecule has 0 unspecified atom stereocenters. The number of hydrogen-bond acceptors (Lipinski definition) is 12. The average molecular weight is 707 g/mol. The molecule has 0 aromatic carbocycles. The maximum Gasteiger partial charge on any atom is 2.00 e. The number of aromatic nitrogens is 18. The number of nitrogens with zero attached hydrogens (tertiary/aromatic N) is 18. The van der Waals surface area contributed by atoms with E-state index in [0.717, 1.165) is 0 Å². The molecule has 6 heterocycles. The zero-order valence-corrected chi connectivity index (χ0v) is 23.8. The van der Waals surface area contributed by atoms with Crippen molar-refractivity contribution in [1.29, 1.82) is 0 Å². The Bertz CT molecular complexity index is 1040. The maximum absolute atomic E-state index is 3.96. The summed E-state index contributed by atoms with van der Waals surface area (Å²) in [6.45, 7) is 0. The van der Waals surface area contributed by atoms with Crippen molar-refractivity contribution in [2.75, 3.05) is 0 Å². The Morgan fingerprint density at radius 2 is 0.400 bits per heavy atom. The van der Waals surface area contributed by atoms with Crippen molar-refractivity contribution < 1.29 is 82.5 Å². The van der Waals surface area contributed by atoms with Crippen LogP contribution < -0.4 is 0 Å². The monoisotopic (exact) mass is 707 g/mol. The molecule has 6 rings (SSSR count). The Kier molecular flexibility index (Phi) is 42.8. The largest absolute Gasteiger partial charge is 2.00 e. The van der Waals surface area contributed by atoms with E-state index in [9.17, 15) is 0 Å². The molecule has 33 heteroatoms. The first kappa shape index (κ1) is 63.3. The summed E-state index contributed by atoms with van der Waals surface area (Å²) in [5, 5.41) is 46.4. The van der Waals surface area contributed by atoms with Crippen LogP contribution in [0.5, 0.6) is 0 Å². The summed E-state index contributed by atoms with van der Waals surface area (Å²) >= 11 is 0. The Morgan fingerprint density at radius 3 is 0.489 bits per heavy atom. The third-order valence-electron chi connectivity index (χ3n) is 4.57. The van der Waals surface area contributed by atoms with Crippen molar-refractivity contribution in [3.8, 4) is 0 Å². The Hall–Kier alpha value is -5.00. The molecule has 45 heavy (non-hydrogen) atoms. The average Bonchev–Trinajstić information content (AvgIpc) is 3.67. The topological polar surface area (TPSA) is 562 Å². The van der Waals surface area contributed by atoms with Gasteiger partial charge in [0.1, 0.15) is 0 Å². The third-order valence-corrected chi connectivity index (χ3v) is 4.57. The summed E-state index contributed by atoms with van der Waals surface area (Å²) in [6, 6.07) is 0. The van der Waals surface area contributed by atoms with E-state index in [1.807, 2.05) is 0 Å². The summed E-state index contributed by atoms with van der Waals surface area (Å²) in [5.74, 6) is 0. The van der Waals surface area contributed by atoms with E-state index in [1.165, 1.54) is 0 Å². The molecule has 0 spiro atoms. The molecule has 0 aliphatic rings. The van der Waals surface area contributed by atoms with Crippen LogP contribution >= 0.6 is 0 Å². The summed E-state index contributed by atoms with van der Waals surface area (Å²) in [7, 11) is -2.63. The van der Waals surface area contributed by atoms with Gasteiger partial charge in [-0.25, -0.2) is 0 Å². The first-order valence-corrected chi connectivity index (χ1v) is 9.40. The van der Waals surface area contributed by atoms with Gasteiger partial charge >= 0.3 is 31.0 Å². The van der Waals surface area contributed by atoms with Gasteiger partial charge in [-0.1, -0.05) is 0 Å². The second kappa shape index (κ2) is 30.5. The fourth-order valence-electron chi connectivity index (χ4n) is 3.19. The summed E-state index contributed by atoms with van der Waals surface area (Å²) in [6.07, 6.45) is 20.2. The van der Waals surface area contributed by atoms with E-state index >= 15 is 0 Å². The molecule has 0 saturated heterocycles. The molecule has 0 fully saturated rings. The van der Waals surface area contributed by atoms with Gasteiger partial charge in [0.15, 0.2) is 0 Å². The maximum atomic E-state index is 3.96. The molecule has 0 aliphatic carbocycles. The van der Waals surface area contributed by atoms with Crippen LogP contribution in [0.3, 0.4) is 0 Å². The minimum Gasteiger partial charge on any atom is -0.412 e. The predicted octanol–water partition coefficient (Wildman–Crippen LogP) is -13.7. The molecule has 1 radical (unpaired) electrons. The van der Waals surface area contributed by atoms with Gasteiger partial charge in [-0.3, -0.25) is 0 Å². The van der Waals surface area contributed by atoms with E-state index in [1.54, 1.807) is 102 Å². The second-order valence-electron chi connectivity index (χ2n) is 6.50. The predicted molar refractivity (Wildman–Crippen MR) is 150 cm³/mol. The first-order chi connectivity index (χ1) is 15.9. The fourth-order valence-corrected chi connectivity index (χ4v) is 3.19. The van der Waals surface area contributed by atoms with E-state index in [-0.39, 0.29) is 82.5 Å². The molecule has 6 aromatic rings. The van der Waals surface area contributed by atoms with Gasteiger partial charge < -0.3 is 93.3 Å². The molecule has 263 valence electrons. The van der Waals surface area contributed by atoms with E-state index in [0.29, 0.717) is 0 Å². The minimum atomic E-state index is -1.31. The zero-order valence-electron chi connectivity index (χ0n) is 22.7. The molecular formula is C12H38B2CoN18O12. The van der Waals surface area contributed by atoms with Crippen LogP contribution in [0.25, 0.3) is 0 Å². The summed E-state index contributed by atoms with van der Waals surface area (Å²) < 4.78 is 10.1. The Labute approximate surface area is 260 Å². The Morgan fingerprint density at radius 1 is 0.267 bits per heavy atom. The normalized spacial score (nSPS) is 7.87. The minimum absolute atomic E-state index is 0. The van der Waals surface area contributed by atoms with Gasteiger partial charge in [-0.2, -0.15) is 0 Å². The standard InChI is InChI=1S/2C6H7BN9.Co.12H2O/c2*1-4-14(11-8-1)7(15-5-2-9-12-15)16-6-3-10-13-16;;;;;;;;;;;;;/h2*1-7H;;12*1H2/q2*-1;+2;;;;;;;;;;;;. The van der Waals surface area contributed by atoms with E-state index in [4.69, 9.17) is 0 Å². The van der Waals surface area contributed by atoms with Crippen molar-refractivity contribution in [3.05, 3.63) is 74.4 Å². The third kappa shape index (κ3) is 14.3. The van der Waals surface area contributed by atoms with Gasteiger partial charge in [0, 0.05) is 37.2 Å². The van der Waals surface area contributed by atoms with Gasteiger partial charge in [0.25, 0.3) is 0 Å². The molecule has 30 nitrogen and oxygen atoms in total. The van der Waals surface area contributed by atoms with Gasteiger partial charge in [0.2, 0.25) is 0 Å². The molecule has 0 atom stereocenters. The molecule has 24 N–H and O–H groups in total. The van der Waals surface area contributed by atoms with Crippen molar-refractivity contribution in [2.24, 2.45) is 0 Å². The van der Waals surface area contributed by atoms with Crippen molar-refractivity contribution in [3.63, 3.8) is 0 Å². The molecule has 6 aromatic heterocycles. The summed E-state index contributed by atoms with van der Waals surface area (Å²) in [4.78, 5) is 0. The van der Waals surface area contributed by atoms with Gasteiger partial charge in [0.05, 0.1) is 37.2 Å². The van der Waals surface area contributed by atoms with E-state index in [2.05, 4.69) is 61.9 Å². The number of hydrogen-bond donors (Lipinski definition) is 0. The SMILES string of the molecule is O.O.O.O.O.O.O.O.O.O.O.O.[Co+2].c1cn([BH-](n2ccnn2)n2ccnn2)nn1.c1cn([BH-](n2ccnn2)n2ccnn2)nn1. The van der Waals surface area contributed by atoms with Crippen LogP contribution in [0, 0.1) is 0 Å². The smallest absolute Gasteiger partial charge is 0.412 e. The van der Waals surface area contributed by atoms with Crippen LogP contribution in [0.4, 0.5) is 0 Å². The van der Waals surface area contributed by atoms with Crippen LogP contribution in [-0.2, 0) is 16.8 Å². The van der Waals surface area contributed by atoms with Crippen LogP contribution in [0.2, 0.25) is 0 Å². The molecule has 0 bridgehead atoms. The number of rotatable bonds is 6. The van der Waals surface area contributed by atoms with Crippen molar-refractivity contribution in [1.82, 2.24) is 89.4 Å². The molecule has 0 aliphatic heterocycles. The molecule has 0 saturated carbocycles. The second-order valence-corrected chi connectivity index (χ2v) is 6.50.